The van der Waals surface area contributed by atoms with E-state index in [1.807, 2.05) is 5.38 Å². The maximum Gasteiger partial charge on any atom is 0.305 e. The molecule has 1 rings (SSSR count). The van der Waals surface area contributed by atoms with Gasteiger partial charge in [-0.25, -0.2) is 4.98 Å². The van der Waals surface area contributed by atoms with Crippen LogP contribution in [0.2, 0.25) is 0 Å². The molecule has 90 valence electrons. The number of hydrogen-bond donors (Lipinski definition) is 2. The third-order valence-electron chi connectivity index (χ3n) is 2.04. The Morgan fingerprint density at radius 1 is 1.62 bits per heavy atom. The summed E-state index contributed by atoms with van der Waals surface area (Å²) in [5.74, 6) is -0.779. The summed E-state index contributed by atoms with van der Waals surface area (Å²) in [6.07, 6.45) is 2.64. The second kappa shape index (κ2) is 5.30. The minimum absolute atomic E-state index is 0.0661. The van der Waals surface area contributed by atoms with E-state index >= 15 is 0 Å². The number of nitrogens with one attached hydrogen (secondary N) is 1. The first-order valence-corrected chi connectivity index (χ1v) is 6.12. The van der Waals surface area contributed by atoms with E-state index in [9.17, 15) is 4.79 Å². The van der Waals surface area contributed by atoms with E-state index in [1.165, 1.54) is 11.3 Å². The molecule has 16 heavy (non-hydrogen) atoms. The summed E-state index contributed by atoms with van der Waals surface area (Å²) in [6, 6.07) is -0.0661. The van der Waals surface area contributed by atoms with Crippen LogP contribution in [0.15, 0.2) is 11.6 Å². The summed E-state index contributed by atoms with van der Waals surface area (Å²) in [5.41, 5.74) is 0.102. The summed E-state index contributed by atoms with van der Waals surface area (Å²) >= 11 is 1.49. The Bertz CT molecular complexity index is 330. The predicted octanol–water partition coefficient (Wildman–Crippen LogP) is 2.83. The monoisotopic (exact) mass is 242 g/mol. The molecule has 0 aliphatic carbocycles. The number of aliphatic carboxylic acids is 1. The summed E-state index contributed by atoms with van der Waals surface area (Å²) in [4.78, 5) is 14.9. The summed E-state index contributed by atoms with van der Waals surface area (Å²) < 4.78 is 0. The lowest BCUT2D eigenvalue weighted by Crippen LogP contribution is -2.28. The van der Waals surface area contributed by atoms with E-state index in [0.29, 0.717) is 0 Å². The highest BCUT2D eigenvalue weighted by Gasteiger charge is 2.21. The lowest BCUT2D eigenvalue weighted by molar-refractivity contribution is -0.137. The third kappa shape index (κ3) is 5.11. The number of nitrogens with zero attached hydrogens (tertiary/aromatic N) is 1. The van der Waals surface area contributed by atoms with Gasteiger partial charge in [0.25, 0.3) is 0 Å². The standard InChI is InChI=1S/C11H18N2O2S/c1-11(2,3)7-8(6-9(14)15)13-10-12-4-5-16-10/h4-5,8H,6-7H2,1-3H3,(H,12,13)(H,14,15). The smallest absolute Gasteiger partial charge is 0.305 e. The van der Waals surface area contributed by atoms with Crippen LogP contribution in [0.5, 0.6) is 0 Å². The molecule has 0 radical (unpaired) electrons. The quantitative estimate of drug-likeness (QED) is 0.833. The average molecular weight is 242 g/mol. The van der Waals surface area contributed by atoms with Gasteiger partial charge in [-0.05, 0) is 11.8 Å². The molecule has 1 atom stereocenters. The molecule has 2 N–H and O–H groups in total. The van der Waals surface area contributed by atoms with Gasteiger partial charge in [0, 0.05) is 17.6 Å². The molecule has 0 amide bonds. The van der Waals surface area contributed by atoms with Gasteiger partial charge >= 0.3 is 5.97 Å². The molecule has 0 saturated heterocycles. The number of carboxylic acids is 1. The number of hydrogen-bond acceptors (Lipinski definition) is 4. The van der Waals surface area contributed by atoms with Gasteiger partial charge in [-0.1, -0.05) is 20.8 Å². The Morgan fingerprint density at radius 2 is 2.31 bits per heavy atom. The second-order valence-electron chi connectivity index (χ2n) is 5.04. The number of anilines is 1. The van der Waals surface area contributed by atoms with Crippen LogP contribution in [-0.2, 0) is 4.79 Å². The Kier molecular flexibility index (Phi) is 4.29. The molecule has 5 heteroatoms. The van der Waals surface area contributed by atoms with Crippen molar-refractivity contribution in [3.05, 3.63) is 11.6 Å². The molecule has 1 aromatic rings. The van der Waals surface area contributed by atoms with E-state index in [-0.39, 0.29) is 17.9 Å². The van der Waals surface area contributed by atoms with Crippen LogP contribution in [0.25, 0.3) is 0 Å². The molecule has 0 fully saturated rings. The van der Waals surface area contributed by atoms with Crippen molar-refractivity contribution in [1.29, 1.82) is 0 Å². The molecule has 0 aromatic carbocycles. The molecule has 4 nitrogen and oxygen atoms in total. The van der Waals surface area contributed by atoms with Gasteiger partial charge in [0.05, 0.1) is 6.42 Å². The van der Waals surface area contributed by atoms with Crippen LogP contribution in [0.4, 0.5) is 5.13 Å². The third-order valence-corrected chi connectivity index (χ3v) is 2.74. The molecule has 1 aromatic heterocycles. The minimum atomic E-state index is -0.779. The first-order valence-electron chi connectivity index (χ1n) is 5.24. The van der Waals surface area contributed by atoms with Crippen LogP contribution < -0.4 is 5.32 Å². The molecule has 1 unspecified atom stereocenters. The molecular weight excluding hydrogens is 224 g/mol. The zero-order valence-electron chi connectivity index (χ0n) is 9.86. The molecular formula is C11H18N2O2S. The van der Waals surface area contributed by atoms with Crippen LogP contribution in [0.1, 0.15) is 33.6 Å². The molecule has 0 spiro atoms. The highest BCUT2D eigenvalue weighted by Crippen LogP contribution is 2.25. The average Bonchev–Trinajstić information content (AvgIpc) is 2.51. The number of rotatable bonds is 5. The van der Waals surface area contributed by atoms with E-state index in [1.54, 1.807) is 6.20 Å². The van der Waals surface area contributed by atoms with Crippen LogP contribution in [0.3, 0.4) is 0 Å². The summed E-state index contributed by atoms with van der Waals surface area (Å²) in [5, 5.41) is 14.7. The largest absolute Gasteiger partial charge is 0.481 e. The van der Waals surface area contributed by atoms with Gasteiger partial charge in [-0.2, -0.15) is 0 Å². The Labute approximate surface area is 99.7 Å². The Morgan fingerprint density at radius 3 is 2.75 bits per heavy atom. The van der Waals surface area contributed by atoms with Gasteiger partial charge in [0.1, 0.15) is 0 Å². The topological polar surface area (TPSA) is 62.2 Å². The van der Waals surface area contributed by atoms with Crippen molar-refractivity contribution in [2.24, 2.45) is 5.41 Å². The predicted molar refractivity (Wildman–Crippen MR) is 65.8 cm³/mol. The zero-order valence-corrected chi connectivity index (χ0v) is 10.7. The minimum Gasteiger partial charge on any atom is -0.481 e. The van der Waals surface area contributed by atoms with Crippen LogP contribution in [-0.4, -0.2) is 22.1 Å². The van der Waals surface area contributed by atoms with Crippen LogP contribution in [0, 0.1) is 5.41 Å². The van der Waals surface area contributed by atoms with E-state index in [0.717, 1.165) is 11.6 Å². The van der Waals surface area contributed by atoms with Crippen molar-refractivity contribution in [1.82, 2.24) is 4.98 Å². The van der Waals surface area contributed by atoms with Crippen molar-refractivity contribution >= 4 is 22.4 Å². The molecule has 1 heterocycles. The Hall–Kier alpha value is -1.10. The Balaban J connectivity index is 2.60. The molecule has 0 aliphatic rings. The number of aromatic nitrogens is 1. The van der Waals surface area contributed by atoms with Crippen molar-refractivity contribution in [3.8, 4) is 0 Å². The van der Waals surface area contributed by atoms with Crippen molar-refractivity contribution in [2.75, 3.05) is 5.32 Å². The normalized spacial score (nSPS) is 13.4. The fourth-order valence-electron chi connectivity index (χ4n) is 1.59. The molecule has 0 aliphatic heterocycles. The number of carbonyl (C=O) groups is 1. The van der Waals surface area contributed by atoms with Gasteiger partial charge in [0.15, 0.2) is 5.13 Å². The summed E-state index contributed by atoms with van der Waals surface area (Å²) in [7, 11) is 0. The zero-order chi connectivity index (χ0) is 12.2. The highest BCUT2D eigenvalue weighted by atomic mass is 32.1. The van der Waals surface area contributed by atoms with Gasteiger partial charge in [0.2, 0.25) is 0 Å². The van der Waals surface area contributed by atoms with E-state index in [4.69, 9.17) is 5.11 Å². The fraction of sp³-hybridized carbons (Fsp3) is 0.636. The summed E-state index contributed by atoms with van der Waals surface area (Å²) in [6.45, 7) is 6.31. The maximum atomic E-state index is 10.8. The lowest BCUT2D eigenvalue weighted by atomic mass is 9.87. The SMILES string of the molecule is CC(C)(C)CC(CC(=O)O)Nc1nccs1. The highest BCUT2D eigenvalue weighted by molar-refractivity contribution is 7.13. The van der Waals surface area contributed by atoms with Crippen LogP contribution >= 0.6 is 11.3 Å². The maximum absolute atomic E-state index is 10.8. The first-order chi connectivity index (χ1) is 7.37. The van der Waals surface area contributed by atoms with E-state index < -0.39 is 5.97 Å². The number of carboxylic acid groups (broad SMARTS) is 1. The van der Waals surface area contributed by atoms with Gasteiger partial charge in [-0.3, -0.25) is 4.79 Å². The van der Waals surface area contributed by atoms with Crippen molar-refractivity contribution < 1.29 is 9.90 Å². The van der Waals surface area contributed by atoms with Crippen molar-refractivity contribution in [3.63, 3.8) is 0 Å². The van der Waals surface area contributed by atoms with E-state index in [2.05, 4.69) is 31.1 Å². The fourth-order valence-corrected chi connectivity index (χ4v) is 2.20. The molecule has 0 saturated carbocycles. The number of thiazole rings is 1. The van der Waals surface area contributed by atoms with Gasteiger partial charge in [-0.15, -0.1) is 11.3 Å². The lowest BCUT2D eigenvalue weighted by Gasteiger charge is -2.25. The second-order valence-corrected chi connectivity index (χ2v) is 5.94. The first kappa shape index (κ1) is 13.0. The van der Waals surface area contributed by atoms with Crippen molar-refractivity contribution in [2.45, 2.75) is 39.7 Å². The van der Waals surface area contributed by atoms with Gasteiger partial charge < -0.3 is 10.4 Å². The molecule has 0 bridgehead atoms.